The first kappa shape index (κ1) is 12.7. The summed E-state index contributed by atoms with van der Waals surface area (Å²) in [5.74, 6) is 0. The molecule has 1 aliphatic rings. The first-order chi connectivity index (χ1) is 8.20. The van der Waals surface area contributed by atoms with Gasteiger partial charge >= 0.3 is 0 Å². The van der Waals surface area contributed by atoms with Gasteiger partial charge in [0.1, 0.15) is 0 Å². The van der Waals surface area contributed by atoms with E-state index in [1.54, 1.807) is 6.07 Å². The van der Waals surface area contributed by atoms with Crippen molar-refractivity contribution in [3.63, 3.8) is 0 Å². The number of hydrogen-bond acceptors (Lipinski definition) is 2. The van der Waals surface area contributed by atoms with Gasteiger partial charge in [-0.3, -0.25) is 4.90 Å². The summed E-state index contributed by atoms with van der Waals surface area (Å²) in [6.45, 7) is 1.70. The highest BCUT2D eigenvalue weighted by atomic mass is 35.5. The summed E-state index contributed by atoms with van der Waals surface area (Å²) in [7, 11) is 0. The van der Waals surface area contributed by atoms with Crippen LogP contribution in [0.5, 0.6) is 0 Å². The molecule has 90 valence electrons. The maximum atomic E-state index is 9.11. The maximum absolute atomic E-state index is 9.11. The highest BCUT2D eigenvalue weighted by molar-refractivity contribution is 6.35. The van der Waals surface area contributed by atoms with E-state index in [0.29, 0.717) is 10.0 Å². The Morgan fingerprint density at radius 1 is 1.35 bits per heavy atom. The van der Waals surface area contributed by atoms with Crippen molar-refractivity contribution in [3.8, 4) is 6.07 Å². The lowest BCUT2D eigenvalue weighted by atomic mass is 10.0. The topological polar surface area (TPSA) is 27.0 Å². The minimum Gasteiger partial charge on any atom is -0.284 e. The van der Waals surface area contributed by atoms with Crippen molar-refractivity contribution in [2.75, 3.05) is 6.54 Å². The summed E-state index contributed by atoms with van der Waals surface area (Å²) in [5, 5.41) is 10.4. The van der Waals surface area contributed by atoms with Crippen LogP contribution in [0, 0.1) is 11.3 Å². The van der Waals surface area contributed by atoms with Gasteiger partial charge in [-0.2, -0.15) is 5.26 Å². The zero-order valence-corrected chi connectivity index (χ0v) is 11.0. The Morgan fingerprint density at radius 3 is 2.88 bits per heavy atom. The van der Waals surface area contributed by atoms with E-state index >= 15 is 0 Å². The molecule has 0 spiro atoms. The molecule has 0 aromatic heterocycles. The molecule has 1 aromatic carbocycles. The van der Waals surface area contributed by atoms with E-state index in [1.807, 2.05) is 12.1 Å². The van der Waals surface area contributed by atoms with Gasteiger partial charge in [0, 0.05) is 16.6 Å². The van der Waals surface area contributed by atoms with Crippen molar-refractivity contribution in [1.29, 1.82) is 5.26 Å². The summed E-state index contributed by atoms with van der Waals surface area (Å²) < 4.78 is 0. The average Bonchev–Trinajstić information content (AvgIpc) is 2.33. The highest BCUT2D eigenvalue weighted by Crippen LogP contribution is 2.25. The molecule has 0 bridgehead atoms. The molecule has 4 heteroatoms. The molecule has 1 unspecified atom stereocenters. The van der Waals surface area contributed by atoms with Crippen LogP contribution in [0.15, 0.2) is 18.2 Å². The van der Waals surface area contributed by atoms with E-state index in [4.69, 9.17) is 28.5 Å². The lowest BCUT2D eigenvalue weighted by Crippen LogP contribution is -2.37. The SMILES string of the molecule is N#CC1CCCCN1Cc1ccc(Cl)cc1Cl. The van der Waals surface area contributed by atoms with E-state index in [9.17, 15) is 0 Å². The molecule has 1 aliphatic heterocycles. The lowest BCUT2D eigenvalue weighted by molar-refractivity contribution is 0.176. The third kappa shape index (κ3) is 3.13. The summed E-state index contributed by atoms with van der Waals surface area (Å²) in [6.07, 6.45) is 3.26. The van der Waals surface area contributed by atoms with E-state index < -0.39 is 0 Å². The highest BCUT2D eigenvalue weighted by Gasteiger charge is 2.22. The quantitative estimate of drug-likeness (QED) is 0.814. The molecule has 1 aromatic rings. The van der Waals surface area contributed by atoms with Crippen molar-refractivity contribution in [1.82, 2.24) is 4.90 Å². The second-order valence-corrected chi connectivity index (χ2v) is 5.19. The van der Waals surface area contributed by atoms with Gasteiger partial charge in [-0.05, 0) is 43.5 Å². The molecule has 17 heavy (non-hydrogen) atoms. The molecule has 0 aliphatic carbocycles. The fourth-order valence-electron chi connectivity index (χ4n) is 2.20. The van der Waals surface area contributed by atoms with Gasteiger partial charge in [0.15, 0.2) is 0 Å². The van der Waals surface area contributed by atoms with Crippen LogP contribution in [0.1, 0.15) is 24.8 Å². The van der Waals surface area contributed by atoms with Crippen molar-refractivity contribution in [2.45, 2.75) is 31.8 Å². The number of piperidine rings is 1. The van der Waals surface area contributed by atoms with E-state index in [2.05, 4.69) is 11.0 Å². The van der Waals surface area contributed by atoms with Crippen LogP contribution >= 0.6 is 23.2 Å². The summed E-state index contributed by atoms with van der Waals surface area (Å²) in [5.41, 5.74) is 1.04. The maximum Gasteiger partial charge on any atom is 0.0980 e. The average molecular weight is 269 g/mol. The number of likely N-dealkylation sites (tertiary alicyclic amines) is 1. The van der Waals surface area contributed by atoms with Gasteiger partial charge in [-0.25, -0.2) is 0 Å². The third-order valence-electron chi connectivity index (χ3n) is 3.15. The number of halogens is 2. The monoisotopic (exact) mass is 268 g/mol. The van der Waals surface area contributed by atoms with Crippen molar-refractivity contribution >= 4 is 23.2 Å². The molecule has 1 atom stereocenters. The van der Waals surface area contributed by atoms with Crippen LogP contribution in [0.4, 0.5) is 0 Å². The van der Waals surface area contributed by atoms with E-state index in [1.165, 1.54) is 0 Å². The number of nitrogens with zero attached hydrogens (tertiary/aromatic N) is 2. The van der Waals surface area contributed by atoms with E-state index in [-0.39, 0.29) is 6.04 Å². The lowest BCUT2D eigenvalue weighted by Gasteiger charge is -2.31. The van der Waals surface area contributed by atoms with Gasteiger partial charge in [0.25, 0.3) is 0 Å². The fraction of sp³-hybridized carbons (Fsp3) is 0.462. The molecular weight excluding hydrogens is 255 g/mol. The van der Waals surface area contributed by atoms with Crippen LogP contribution < -0.4 is 0 Å². The predicted molar refractivity (Wildman–Crippen MR) is 70.1 cm³/mol. The molecule has 0 saturated carbocycles. The second kappa shape index (κ2) is 5.73. The Hall–Kier alpha value is -0.750. The first-order valence-corrected chi connectivity index (χ1v) is 6.54. The first-order valence-electron chi connectivity index (χ1n) is 5.78. The molecule has 1 fully saturated rings. The second-order valence-electron chi connectivity index (χ2n) is 4.35. The molecule has 0 amide bonds. The number of benzene rings is 1. The van der Waals surface area contributed by atoms with Crippen LogP contribution in [-0.4, -0.2) is 17.5 Å². The number of nitriles is 1. The Kier molecular flexibility index (Phi) is 4.28. The van der Waals surface area contributed by atoms with Crippen molar-refractivity contribution < 1.29 is 0 Å². The van der Waals surface area contributed by atoms with Crippen LogP contribution in [0.25, 0.3) is 0 Å². The Morgan fingerprint density at radius 2 is 2.18 bits per heavy atom. The fourth-order valence-corrected chi connectivity index (χ4v) is 2.66. The molecule has 2 rings (SSSR count). The van der Waals surface area contributed by atoms with Gasteiger partial charge in [-0.1, -0.05) is 29.3 Å². The Bertz CT molecular complexity index is 440. The van der Waals surface area contributed by atoms with Crippen molar-refractivity contribution in [2.24, 2.45) is 0 Å². The summed E-state index contributed by atoms with van der Waals surface area (Å²) >= 11 is 12.0. The normalized spacial score (nSPS) is 21.1. The standard InChI is InChI=1S/C13H14Cl2N2/c14-11-5-4-10(13(15)7-11)9-17-6-2-1-3-12(17)8-16/h4-5,7,12H,1-3,6,9H2. The Labute approximate surface area is 112 Å². The summed E-state index contributed by atoms with van der Waals surface area (Å²) in [6, 6.07) is 7.92. The van der Waals surface area contributed by atoms with Gasteiger partial charge in [-0.15, -0.1) is 0 Å². The van der Waals surface area contributed by atoms with Crippen molar-refractivity contribution in [3.05, 3.63) is 33.8 Å². The molecule has 1 saturated heterocycles. The summed E-state index contributed by atoms with van der Waals surface area (Å²) in [4.78, 5) is 2.19. The zero-order chi connectivity index (χ0) is 12.3. The van der Waals surface area contributed by atoms with Gasteiger partial charge in [0.05, 0.1) is 12.1 Å². The Balaban J connectivity index is 2.11. The molecule has 0 radical (unpaired) electrons. The number of rotatable bonds is 2. The van der Waals surface area contributed by atoms with Crippen LogP contribution in [0.3, 0.4) is 0 Å². The minimum atomic E-state index is 0.0236. The van der Waals surface area contributed by atoms with Crippen LogP contribution in [0.2, 0.25) is 10.0 Å². The third-order valence-corrected chi connectivity index (χ3v) is 3.74. The van der Waals surface area contributed by atoms with E-state index in [0.717, 1.165) is 37.9 Å². The van der Waals surface area contributed by atoms with Crippen LogP contribution in [-0.2, 0) is 6.54 Å². The molecule has 0 N–H and O–H groups in total. The minimum absolute atomic E-state index is 0.0236. The molecular formula is C13H14Cl2N2. The largest absolute Gasteiger partial charge is 0.284 e. The number of hydrogen-bond donors (Lipinski definition) is 0. The predicted octanol–water partition coefficient (Wildman–Crippen LogP) is 3.87. The molecule has 2 nitrogen and oxygen atoms in total. The van der Waals surface area contributed by atoms with Gasteiger partial charge in [0.2, 0.25) is 0 Å². The molecule has 1 heterocycles. The smallest absolute Gasteiger partial charge is 0.0980 e. The van der Waals surface area contributed by atoms with Gasteiger partial charge < -0.3 is 0 Å². The zero-order valence-electron chi connectivity index (χ0n) is 9.50.